The molecule has 400 valence electrons. The van der Waals surface area contributed by atoms with E-state index >= 15 is 0 Å². The fraction of sp³-hybridized carbons (Fsp3) is 0.887. The number of carbonyl (C=O) groups excluding carboxylic acids is 3. The molecule has 0 spiro atoms. The Morgan fingerprint density at radius 2 is 0.529 bits per heavy atom. The number of allylic oxidation sites excluding steroid dienone is 4. The Morgan fingerprint density at radius 1 is 0.294 bits per heavy atom. The van der Waals surface area contributed by atoms with Gasteiger partial charge < -0.3 is 14.2 Å². The Bertz CT molecular complexity index is 1100. The lowest BCUT2D eigenvalue weighted by Gasteiger charge is -2.18. The molecule has 0 heterocycles. The largest absolute Gasteiger partial charge is 0.462 e. The van der Waals surface area contributed by atoms with Crippen LogP contribution in [0.2, 0.25) is 0 Å². The summed E-state index contributed by atoms with van der Waals surface area (Å²) in [5.74, 6) is -0.851. The molecule has 0 aromatic rings. The molecule has 0 fully saturated rings. The predicted molar refractivity (Wildman–Crippen MR) is 293 cm³/mol. The molecule has 0 aromatic heterocycles. The van der Waals surface area contributed by atoms with Crippen molar-refractivity contribution in [2.75, 3.05) is 13.2 Å². The van der Waals surface area contributed by atoms with Crippen LogP contribution in [0.4, 0.5) is 0 Å². The van der Waals surface area contributed by atoms with Crippen LogP contribution in [0.1, 0.15) is 335 Å². The van der Waals surface area contributed by atoms with E-state index in [1.807, 2.05) is 0 Å². The number of carbonyl (C=O) groups is 3. The third-order valence-electron chi connectivity index (χ3n) is 13.7. The van der Waals surface area contributed by atoms with Crippen LogP contribution in [0, 0.1) is 0 Å². The second-order valence-electron chi connectivity index (χ2n) is 20.6. The van der Waals surface area contributed by atoms with Gasteiger partial charge in [-0.2, -0.15) is 0 Å². The first-order valence-electron chi connectivity index (χ1n) is 30.3. The zero-order chi connectivity index (χ0) is 49.3. The zero-order valence-electron chi connectivity index (χ0n) is 45.9. The number of hydrogen-bond donors (Lipinski definition) is 0. The van der Waals surface area contributed by atoms with E-state index < -0.39 is 6.10 Å². The summed E-state index contributed by atoms with van der Waals surface area (Å²) in [5.41, 5.74) is 0. The van der Waals surface area contributed by atoms with Crippen molar-refractivity contribution in [3.05, 3.63) is 24.3 Å². The Labute approximate surface area is 423 Å². The minimum absolute atomic E-state index is 0.0687. The van der Waals surface area contributed by atoms with Crippen molar-refractivity contribution in [3.63, 3.8) is 0 Å². The highest BCUT2D eigenvalue weighted by atomic mass is 16.6. The molecule has 0 aliphatic heterocycles. The van der Waals surface area contributed by atoms with E-state index in [0.717, 1.165) is 70.6 Å². The first-order valence-corrected chi connectivity index (χ1v) is 30.3. The van der Waals surface area contributed by atoms with Gasteiger partial charge in [0.2, 0.25) is 0 Å². The number of unbranched alkanes of at least 4 members (excludes halogenated alkanes) is 41. The van der Waals surface area contributed by atoms with E-state index in [0.29, 0.717) is 19.3 Å². The maximum Gasteiger partial charge on any atom is 0.306 e. The van der Waals surface area contributed by atoms with E-state index in [1.165, 1.54) is 225 Å². The molecule has 6 heteroatoms. The Kier molecular flexibility index (Phi) is 55.7. The van der Waals surface area contributed by atoms with Gasteiger partial charge in [-0.1, -0.05) is 289 Å². The van der Waals surface area contributed by atoms with Gasteiger partial charge in [-0.05, 0) is 51.4 Å². The first-order chi connectivity index (χ1) is 33.5. The third kappa shape index (κ3) is 54.8. The van der Waals surface area contributed by atoms with Crippen LogP contribution >= 0.6 is 0 Å². The molecule has 0 saturated carbocycles. The van der Waals surface area contributed by atoms with Crippen molar-refractivity contribution in [2.45, 2.75) is 341 Å². The number of ether oxygens (including phenoxy) is 3. The summed E-state index contributed by atoms with van der Waals surface area (Å²) >= 11 is 0. The van der Waals surface area contributed by atoms with Crippen LogP contribution in [-0.4, -0.2) is 37.2 Å². The lowest BCUT2D eigenvalue weighted by molar-refractivity contribution is -0.167. The summed E-state index contributed by atoms with van der Waals surface area (Å²) in [6, 6.07) is 0. The maximum atomic E-state index is 12.9. The minimum Gasteiger partial charge on any atom is -0.462 e. The molecule has 0 aromatic carbocycles. The van der Waals surface area contributed by atoms with Crippen molar-refractivity contribution < 1.29 is 28.6 Å². The molecule has 0 rings (SSSR count). The Morgan fingerprint density at radius 3 is 0.838 bits per heavy atom. The molecule has 68 heavy (non-hydrogen) atoms. The van der Waals surface area contributed by atoms with Crippen molar-refractivity contribution in [3.8, 4) is 0 Å². The van der Waals surface area contributed by atoms with Crippen LogP contribution in [0.15, 0.2) is 24.3 Å². The van der Waals surface area contributed by atoms with E-state index in [1.54, 1.807) is 0 Å². The van der Waals surface area contributed by atoms with Gasteiger partial charge in [0.1, 0.15) is 13.2 Å². The summed E-state index contributed by atoms with van der Waals surface area (Å²) in [5, 5.41) is 0. The van der Waals surface area contributed by atoms with Gasteiger partial charge in [0, 0.05) is 19.3 Å². The molecule has 6 nitrogen and oxygen atoms in total. The predicted octanol–water partition coefficient (Wildman–Crippen LogP) is 20.3. The smallest absolute Gasteiger partial charge is 0.306 e. The van der Waals surface area contributed by atoms with Gasteiger partial charge in [0.05, 0.1) is 0 Å². The summed E-state index contributed by atoms with van der Waals surface area (Å²) in [7, 11) is 0. The van der Waals surface area contributed by atoms with Gasteiger partial charge in [0.15, 0.2) is 6.10 Å². The average Bonchev–Trinajstić information content (AvgIpc) is 3.34. The van der Waals surface area contributed by atoms with E-state index in [-0.39, 0.29) is 31.1 Å². The van der Waals surface area contributed by atoms with Crippen molar-refractivity contribution in [2.24, 2.45) is 0 Å². The summed E-state index contributed by atoms with van der Waals surface area (Å²) < 4.78 is 16.9. The Hall–Kier alpha value is -2.11. The van der Waals surface area contributed by atoms with E-state index in [9.17, 15) is 14.4 Å². The van der Waals surface area contributed by atoms with Crippen LogP contribution in [-0.2, 0) is 28.6 Å². The van der Waals surface area contributed by atoms with E-state index in [4.69, 9.17) is 14.2 Å². The van der Waals surface area contributed by atoms with Gasteiger partial charge in [0.25, 0.3) is 0 Å². The van der Waals surface area contributed by atoms with Gasteiger partial charge in [-0.15, -0.1) is 0 Å². The minimum atomic E-state index is -0.771. The monoisotopic (exact) mass is 957 g/mol. The third-order valence-corrected chi connectivity index (χ3v) is 13.7. The molecule has 0 N–H and O–H groups in total. The molecule has 0 saturated heterocycles. The average molecular weight is 958 g/mol. The second-order valence-corrected chi connectivity index (χ2v) is 20.6. The molecule has 0 aliphatic carbocycles. The van der Waals surface area contributed by atoms with Crippen LogP contribution in [0.3, 0.4) is 0 Å². The summed E-state index contributed by atoms with van der Waals surface area (Å²) in [4.78, 5) is 38.2. The molecule has 0 bridgehead atoms. The highest BCUT2D eigenvalue weighted by Crippen LogP contribution is 2.17. The number of hydrogen-bond acceptors (Lipinski definition) is 6. The second kappa shape index (κ2) is 57.5. The highest BCUT2D eigenvalue weighted by molar-refractivity contribution is 5.71. The fourth-order valence-corrected chi connectivity index (χ4v) is 9.12. The normalized spacial score (nSPS) is 12.1. The number of rotatable bonds is 56. The van der Waals surface area contributed by atoms with E-state index in [2.05, 4.69) is 45.1 Å². The quantitative estimate of drug-likeness (QED) is 0.0262. The van der Waals surface area contributed by atoms with Crippen LogP contribution < -0.4 is 0 Å². The topological polar surface area (TPSA) is 78.9 Å². The molecule has 0 amide bonds. The van der Waals surface area contributed by atoms with Gasteiger partial charge in [-0.25, -0.2) is 0 Å². The van der Waals surface area contributed by atoms with Gasteiger partial charge >= 0.3 is 17.9 Å². The van der Waals surface area contributed by atoms with Crippen molar-refractivity contribution in [1.82, 2.24) is 0 Å². The highest BCUT2D eigenvalue weighted by Gasteiger charge is 2.19. The van der Waals surface area contributed by atoms with Crippen molar-refractivity contribution in [1.29, 1.82) is 0 Å². The standard InChI is InChI=1S/C62H116O6/c1-4-7-10-13-16-19-22-25-28-30-32-34-37-40-43-46-49-52-55-61(64)67-58-59(57-66-60(63)54-51-48-45-42-39-36-33-27-24-21-18-15-12-9-6-3)68-62(65)56-53-50-47-44-41-38-35-31-29-26-23-20-17-14-11-8-5-2/h17,20,26,29,59H,4-16,18-19,21-25,27-28,30-58H2,1-3H3/b20-17+,29-26+/t59-/m1/s1. The van der Waals surface area contributed by atoms with Crippen LogP contribution in [0.25, 0.3) is 0 Å². The first kappa shape index (κ1) is 65.9. The van der Waals surface area contributed by atoms with Crippen LogP contribution in [0.5, 0.6) is 0 Å². The SMILES string of the molecule is CCCCC/C=C/C/C=C/CCCCCCCCCC(=O)O[C@H](COC(=O)CCCCCCCCCCCCCCCCC)COC(=O)CCCCCCCCCCCCCCCCCCCC. The zero-order valence-corrected chi connectivity index (χ0v) is 45.9. The fourth-order valence-electron chi connectivity index (χ4n) is 9.12. The molecule has 1 atom stereocenters. The molecule has 0 aliphatic rings. The number of esters is 3. The molecule has 0 radical (unpaired) electrons. The van der Waals surface area contributed by atoms with Gasteiger partial charge in [-0.3, -0.25) is 14.4 Å². The lowest BCUT2D eigenvalue weighted by Crippen LogP contribution is -2.30. The molecular weight excluding hydrogens is 841 g/mol. The Balaban J connectivity index is 4.32. The maximum absolute atomic E-state index is 12.9. The molecular formula is C62H116O6. The lowest BCUT2D eigenvalue weighted by atomic mass is 10.0. The van der Waals surface area contributed by atoms with Crippen molar-refractivity contribution >= 4 is 17.9 Å². The summed E-state index contributed by atoms with van der Waals surface area (Å²) in [6.07, 6.45) is 67.4. The molecule has 0 unspecified atom stereocenters. The summed E-state index contributed by atoms with van der Waals surface area (Å²) in [6.45, 7) is 6.67.